The molecule has 0 aromatic heterocycles. The lowest BCUT2D eigenvalue weighted by molar-refractivity contribution is -0.897. The zero-order chi connectivity index (χ0) is 15.2. The Balaban J connectivity index is 1.28. The Labute approximate surface area is 137 Å². The molecule has 3 nitrogen and oxygen atoms in total. The van der Waals surface area contributed by atoms with Crippen molar-refractivity contribution in [1.29, 1.82) is 0 Å². The van der Waals surface area contributed by atoms with Crippen LogP contribution < -0.4 is 0 Å². The molecule has 4 aliphatic rings. The largest absolute Gasteiger partial charge is 0.327 e. The zero-order valence-corrected chi connectivity index (χ0v) is 14.8. The van der Waals surface area contributed by atoms with Gasteiger partial charge >= 0.3 is 0 Å². The molecule has 126 valence electrons. The number of likely N-dealkylation sites (tertiary alicyclic amines) is 3. The third kappa shape index (κ3) is 3.09. The Hall–Kier alpha value is -0.120. The first kappa shape index (κ1) is 15.4. The van der Waals surface area contributed by atoms with Crippen LogP contribution in [0.15, 0.2) is 0 Å². The fourth-order valence-corrected chi connectivity index (χ4v) is 5.99. The Morgan fingerprint density at radius 2 is 1.41 bits per heavy atom. The van der Waals surface area contributed by atoms with Crippen molar-refractivity contribution in [3.8, 4) is 0 Å². The molecule has 0 amide bonds. The third-order valence-corrected chi connectivity index (χ3v) is 7.29. The molecule has 3 saturated heterocycles. The highest BCUT2D eigenvalue weighted by molar-refractivity contribution is 4.93. The molecule has 4 rings (SSSR count). The van der Waals surface area contributed by atoms with Gasteiger partial charge in [-0.15, -0.1) is 0 Å². The van der Waals surface area contributed by atoms with Gasteiger partial charge in [-0.2, -0.15) is 0 Å². The highest BCUT2D eigenvalue weighted by atomic mass is 15.3. The van der Waals surface area contributed by atoms with Crippen molar-refractivity contribution >= 4 is 0 Å². The van der Waals surface area contributed by atoms with E-state index in [1.165, 1.54) is 88.7 Å². The summed E-state index contributed by atoms with van der Waals surface area (Å²) < 4.78 is 1.24. The van der Waals surface area contributed by atoms with E-state index in [1.807, 2.05) is 0 Å². The second kappa shape index (κ2) is 6.07. The van der Waals surface area contributed by atoms with Gasteiger partial charge in [0.15, 0.2) is 0 Å². The van der Waals surface area contributed by atoms with Crippen molar-refractivity contribution in [1.82, 2.24) is 9.80 Å². The highest BCUT2D eigenvalue weighted by Crippen LogP contribution is 2.39. The lowest BCUT2D eigenvalue weighted by Crippen LogP contribution is -2.57. The maximum absolute atomic E-state index is 2.88. The van der Waals surface area contributed by atoms with Crippen molar-refractivity contribution in [3.63, 3.8) is 0 Å². The summed E-state index contributed by atoms with van der Waals surface area (Å²) >= 11 is 0. The molecule has 3 unspecified atom stereocenters. The summed E-state index contributed by atoms with van der Waals surface area (Å²) in [5, 5.41) is 0. The van der Waals surface area contributed by atoms with E-state index < -0.39 is 0 Å². The molecule has 3 heteroatoms. The van der Waals surface area contributed by atoms with Crippen LogP contribution in [0.5, 0.6) is 0 Å². The molecular formula is C19H36N3+. The predicted octanol–water partition coefficient (Wildman–Crippen LogP) is 2.42. The summed E-state index contributed by atoms with van der Waals surface area (Å²) in [6.07, 6.45) is 10.3. The molecule has 4 fully saturated rings. The van der Waals surface area contributed by atoms with Crippen LogP contribution in [0, 0.1) is 11.8 Å². The summed E-state index contributed by atoms with van der Waals surface area (Å²) in [4.78, 5) is 5.72. The number of likely N-dealkylation sites (N-methyl/N-ethyl adjacent to an activating group) is 1. The van der Waals surface area contributed by atoms with Gasteiger partial charge in [0, 0.05) is 32.2 Å². The maximum atomic E-state index is 2.88. The van der Waals surface area contributed by atoms with E-state index >= 15 is 0 Å². The molecule has 0 spiro atoms. The fourth-order valence-electron chi connectivity index (χ4n) is 5.99. The number of hydrogen-bond acceptors (Lipinski definition) is 2. The van der Waals surface area contributed by atoms with Gasteiger partial charge in [0.05, 0.1) is 33.2 Å². The number of hydrogen-bond donors (Lipinski definition) is 0. The minimum Gasteiger partial charge on any atom is -0.327 e. The van der Waals surface area contributed by atoms with E-state index in [4.69, 9.17) is 0 Å². The van der Waals surface area contributed by atoms with Gasteiger partial charge in [0.2, 0.25) is 0 Å². The Morgan fingerprint density at radius 3 is 2.05 bits per heavy atom. The number of nitrogens with zero attached hydrogens (tertiary/aromatic N) is 3. The Morgan fingerprint density at radius 1 is 0.727 bits per heavy atom. The van der Waals surface area contributed by atoms with Crippen LogP contribution in [0.2, 0.25) is 0 Å². The Kier molecular flexibility index (Phi) is 4.25. The van der Waals surface area contributed by atoms with Gasteiger partial charge in [0.25, 0.3) is 0 Å². The normalized spacial score (nSPS) is 40.9. The van der Waals surface area contributed by atoms with Gasteiger partial charge in [-0.25, -0.2) is 0 Å². The van der Waals surface area contributed by atoms with Crippen LogP contribution >= 0.6 is 0 Å². The van der Waals surface area contributed by atoms with Crippen LogP contribution in [0.4, 0.5) is 0 Å². The van der Waals surface area contributed by atoms with Crippen LogP contribution in [-0.4, -0.2) is 79.7 Å². The standard InChI is InChI=1S/C19H36N3/c1-22(2)12-4-7-19(15-22)20-10-8-18(9-11-20)21-13-16-5-3-6-17(16)14-21/h16-19H,3-15H2,1-2H3/q+1. The van der Waals surface area contributed by atoms with E-state index in [0.717, 1.165) is 23.9 Å². The molecule has 0 radical (unpaired) electrons. The summed E-state index contributed by atoms with van der Waals surface area (Å²) in [5.41, 5.74) is 0. The first-order valence-electron chi connectivity index (χ1n) is 9.91. The lowest BCUT2D eigenvalue weighted by Gasteiger charge is -2.45. The first-order valence-corrected chi connectivity index (χ1v) is 9.91. The van der Waals surface area contributed by atoms with Crippen molar-refractivity contribution in [3.05, 3.63) is 0 Å². The highest BCUT2D eigenvalue weighted by Gasteiger charge is 2.40. The first-order chi connectivity index (χ1) is 10.6. The minimum atomic E-state index is 0.864. The lowest BCUT2D eigenvalue weighted by atomic mass is 9.97. The van der Waals surface area contributed by atoms with Crippen LogP contribution in [0.25, 0.3) is 0 Å². The van der Waals surface area contributed by atoms with Crippen molar-refractivity contribution < 1.29 is 4.48 Å². The molecule has 0 aromatic rings. The summed E-state index contributed by atoms with van der Waals surface area (Å²) in [6.45, 7) is 8.34. The molecule has 0 aromatic carbocycles. The number of quaternary nitrogens is 1. The molecular weight excluding hydrogens is 270 g/mol. The van der Waals surface area contributed by atoms with E-state index in [2.05, 4.69) is 23.9 Å². The molecule has 0 bridgehead atoms. The summed E-state index contributed by atoms with van der Waals surface area (Å²) in [6, 6.07) is 1.77. The van der Waals surface area contributed by atoms with Crippen molar-refractivity contribution in [2.24, 2.45) is 11.8 Å². The van der Waals surface area contributed by atoms with Crippen LogP contribution in [0.1, 0.15) is 44.9 Å². The number of fused-ring (bicyclic) bond motifs is 1. The monoisotopic (exact) mass is 306 g/mol. The third-order valence-electron chi connectivity index (χ3n) is 7.29. The van der Waals surface area contributed by atoms with Gasteiger partial charge < -0.3 is 4.48 Å². The van der Waals surface area contributed by atoms with E-state index in [0.29, 0.717) is 0 Å². The summed E-state index contributed by atoms with van der Waals surface area (Å²) in [7, 11) is 4.84. The SMILES string of the molecule is C[N+]1(C)CCCC(N2CCC(N3CC4CCCC4C3)CC2)C1. The summed E-state index contributed by atoms with van der Waals surface area (Å²) in [5.74, 6) is 2.13. The van der Waals surface area contributed by atoms with Crippen LogP contribution in [-0.2, 0) is 0 Å². The second-order valence-electron chi connectivity index (χ2n) is 9.31. The molecule has 1 aliphatic carbocycles. The predicted molar refractivity (Wildman–Crippen MR) is 91.9 cm³/mol. The Bertz CT molecular complexity index is 374. The molecule has 3 heterocycles. The smallest absolute Gasteiger partial charge is 0.0940 e. The fraction of sp³-hybridized carbons (Fsp3) is 1.00. The molecule has 3 aliphatic heterocycles. The average Bonchev–Trinajstić information content (AvgIpc) is 3.07. The van der Waals surface area contributed by atoms with E-state index in [1.54, 1.807) is 0 Å². The van der Waals surface area contributed by atoms with E-state index in [9.17, 15) is 0 Å². The van der Waals surface area contributed by atoms with E-state index in [-0.39, 0.29) is 0 Å². The number of piperidine rings is 2. The van der Waals surface area contributed by atoms with Gasteiger partial charge in [0.1, 0.15) is 0 Å². The number of rotatable bonds is 2. The minimum absolute atomic E-state index is 0.864. The zero-order valence-electron chi connectivity index (χ0n) is 14.8. The van der Waals surface area contributed by atoms with Crippen molar-refractivity contribution in [2.75, 3.05) is 53.4 Å². The molecule has 1 saturated carbocycles. The molecule has 3 atom stereocenters. The van der Waals surface area contributed by atoms with Gasteiger partial charge in [-0.05, 0) is 50.4 Å². The van der Waals surface area contributed by atoms with Gasteiger partial charge in [-0.1, -0.05) is 6.42 Å². The van der Waals surface area contributed by atoms with Gasteiger partial charge in [-0.3, -0.25) is 9.80 Å². The van der Waals surface area contributed by atoms with Crippen LogP contribution in [0.3, 0.4) is 0 Å². The molecule has 22 heavy (non-hydrogen) atoms. The topological polar surface area (TPSA) is 6.48 Å². The van der Waals surface area contributed by atoms with Crippen molar-refractivity contribution in [2.45, 2.75) is 57.0 Å². The quantitative estimate of drug-likeness (QED) is 0.723. The molecule has 0 N–H and O–H groups in total. The second-order valence-corrected chi connectivity index (χ2v) is 9.31. The maximum Gasteiger partial charge on any atom is 0.0940 e. The average molecular weight is 307 g/mol.